The molecule has 1 aliphatic carbocycles. The van der Waals surface area contributed by atoms with E-state index in [9.17, 15) is 0 Å². The van der Waals surface area contributed by atoms with Gasteiger partial charge in [0.1, 0.15) is 0 Å². The molecule has 0 nitrogen and oxygen atoms in total. The van der Waals surface area contributed by atoms with Gasteiger partial charge in [-0.05, 0) is 11.1 Å². The topological polar surface area (TPSA) is 0 Å². The molecule has 3 aromatic rings. The summed E-state index contributed by atoms with van der Waals surface area (Å²) < 4.78 is 1.79. The number of halogens is 2. The number of unbranched alkanes of at least 4 members (excludes halogenated alkanes) is 2. The van der Waals surface area contributed by atoms with Crippen molar-refractivity contribution in [3.05, 3.63) is 90.6 Å². The van der Waals surface area contributed by atoms with Crippen LogP contribution in [-0.2, 0) is 24.2 Å². The molecule has 0 bridgehead atoms. The summed E-state index contributed by atoms with van der Waals surface area (Å²) in [6.07, 6.45) is 19.7. The minimum Gasteiger partial charge on any atom is -1.00 e. The van der Waals surface area contributed by atoms with Gasteiger partial charge in [-0.3, -0.25) is 6.08 Å². The van der Waals surface area contributed by atoms with Gasteiger partial charge in [0, 0.05) is 0 Å². The Morgan fingerprint density at radius 1 is 0.897 bits per heavy atom. The second kappa shape index (κ2) is 18.9. The SMILES string of the molecule is C=Cc1ccc2[cH-]c3ccc(C=C)cc3c2c1.CC1[C-]=CC(C(C)(C)C)=C1.CCCC[C](=[Zr+2])CCCC.[Cl-].[Cl-]. The number of hydrogen-bond donors (Lipinski definition) is 0. The van der Waals surface area contributed by atoms with Crippen LogP contribution in [0.25, 0.3) is 33.7 Å². The van der Waals surface area contributed by atoms with Gasteiger partial charge in [0.2, 0.25) is 0 Å². The molecule has 3 heteroatoms. The van der Waals surface area contributed by atoms with Crippen LogP contribution >= 0.6 is 0 Å². The van der Waals surface area contributed by atoms with Crippen LogP contribution in [0.4, 0.5) is 0 Å². The molecule has 0 aliphatic heterocycles. The van der Waals surface area contributed by atoms with Crippen LogP contribution in [0, 0.1) is 17.4 Å². The van der Waals surface area contributed by atoms with Crippen LogP contribution in [0.15, 0.2) is 73.3 Å². The molecule has 0 radical (unpaired) electrons. The van der Waals surface area contributed by atoms with Crippen molar-refractivity contribution in [1.82, 2.24) is 0 Å². The monoisotopic (exact) mass is 638 g/mol. The zero-order valence-corrected chi connectivity index (χ0v) is 28.8. The van der Waals surface area contributed by atoms with Gasteiger partial charge < -0.3 is 24.8 Å². The summed E-state index contributed by atoms with van der Waals surface area (Å²) in [4.78, 5) is 0. The smallest absolute Gasteiger partial charge is 1.00 e. The molecule has 1 atom stereocenters. The Kier molecular flexibility index (Phi) is 18.2. The van der Waals surface area contributed by atoms with Gasteiger partial charge in [0.15, 0.2) is 0 Å². The molecule has 210 valence electrons. The van der Waals surface area contributed by atoms with E-state index >= 15 is 0 Å². The minimum atomic E-state index is 0. The molecule has 0 spiro atoms. The summed E-state index contributed by atoms with van der Waals surface area (Å²) in [6.45, 7) is 21.0. The van der Waals surface area contributed by atoms with Crippen molar-refractivity contribution in [2.45, 2.75) is 80.1 Å². The molecular weight excluding hydrogens is 595 g/mol. The standard InChI is InChI=1S/C17H13.C10H15.C9H18.2ClH.Zr/c1-3-12-5-7-14-11-15-8-6-13(4-2)10-17(15)16(14)9-12;1-8-5-6-9(7-8)10(2,3)4;1-3-5-7-9-8-6-4-2;;;/h3-11H,1-2H2;6-8H,1-4H3;3-8H2,1-2H3;2*1H;/q2*-1;;;;+2/p-2. The Morgan fingerprint density at radius 2 is 1.36 bits per heavy atom. The van der Waals surface area contributed by atoms with Crippen LogP contribution in [-0.4, -0.2) is 3.21 Å². The van der Waals surface area contributed by atoms with E-state index in [0.29, 0.717) is 11.3 Å². The average molecular weight is 641 g/mol. The largest absolute Gasteiger partial charge is 1.00 e. The fourth-order valence-electron chi connectivity index (χ4n) is 4.25. The predicted molar refractivity (Wildman–Crippen MR) is 166 cm³/mol. The average Bonchev–Trinajstić information content (AvgIpc) is 3.49. The molecule has 39 heavy (non-hydrogen) atoms. The maximum atomic E-state index is 3.82. The van der Waals surface area contributed by atoms with Gasteiger partial charge in [-0.2, -0.15) is 11.6 Å². The summed E-state index contributed by atoms with van der Waals surface area (Å²) in [5.74, 6) is 0.522. The molecule has 0 saturated heterocycles. The number of hydrogen-bond acceptors (Lipinski definition) is 0. The molecule has 4 rings (SSSR count). The molecule has 1 aliphatic rings. The van der Waals surface area contributed by atoms with E-state index in [1.165, 1.54) is 65.6 Å². The van der Waals surface area contributed by atoms with Crippen molar-refractivity contribution in [3.63, 3.8) is 0 Å². The summed E-state index contributed by atoms with van der Waals surface area (Å²) >= 11 is 1.67. The van der Waals surface area contributed by atoms with E-state index in [4.69, 9.17) is 0 Å². The van der Waals surface area contributed by atoms with E-state index in [1.807, 2.05) is 12.2 Å². The first kappa shape index (κ1) is 37.6. The third kappa shape index (κ3) is 12.3. The van der Waals surface area contributed by atoms with Crippen molar-refractivity contribution >= 4 is 36.9 Å². The number of fused-ring (bicyclic) bond motifs is 3. The van der Waals surface area contributed by atoms with Crippen LogP contribution in [0.3, 0.4) is 0 Å². The molecule has 1 unspecified atom stereocenters. The first-order valence-electron chi connectivity index (χ1n) is 13.9. The second-order valence-electron chi connectivity index (χ2n) is 11.0. The number of allylic oxidation sites excluding steroid dienone is 4. The van der Waals surface area contributed by atoms with E-state index in [2.05, 4.69) is 115 Å². The van der Waals surface area contributed by atoms with Gasteiger partial charge in [-0.25, -0.2) is 6.08 Å². The molecule has 0 heterocycles. The van der Waals surface area contributed by atoms with Crippen molar-refractivity contribution in [1.29, 1.82) is 0 Å². The molecule has 0 amide bonds. The Bertz CT molecular complexity index is 1180. The first-order valence-corrected chi connectivity index (χ1v) is 15.1. The number of rotatable bonds is 8. The van der Waals surface area contributed by atoms with Crippen molar-refractivity contribution in [3.8, 4) is 0 Å². The molecule has 0 N–H and O–H groups in total. The van der Waals surface area contributed by atoms with Gasteiger partial charge in [-0.1, -0.05) is 88.6 Å². The van der Waals surface area contributed by atoms with E-state index < -0.39 is 0 Å². The van der Waals surface area contributed by atoms with Crippen molar-refractivity contribution in [2.75, 3.05) is 0 Å². The molecule has 0 aromatic heterocycles. The molecule has 0 saturated carbocycles. The van der Waals surface area contributed by atoms with Crippen LogP contribution < -0.4 is 24.8 Å². The summed E-state index contributed by atoms with van der Waals surface area (Å²) in [7, 11) is 0. The molecular formula is C36H46Cl2Zr-2. The normalized spacial score (nSPS) is 13.7. The van der Waals surface area contributed by atoms with Gasteiger partial charge in [-0.15, -0.1) is 39.7 Å². The molecule has 0 fully saturated rings. The van der Waals surface area contributed by atoms with Crippen LogP contribution in [0.5, 0.6) is 0 Å². The second-order valence-corrected chi connectivity index (χ2v) is 12.8. The maximum Gasteiger partial charge on any atom is -1.00 e. The summed E-state index contributed by atoms with van der Waals surface area (Å²) in [5.41, 5.74) is 4.04. The fourth-order valence-corrected chi connectivity index (χ4v) is 5.12. The quantitative estimate of drug-likeness (QED) is 0.302. The Morgan fingerprint density at radius 3 is 1.67 bits per heavy atom. The van der Waals surface area contributed by atoms with Gasteiger partial charge in [0.25, 0.3) is 0 Å². The Balaban J connectivity index is 0.000000577. The summed E-state index contributed by atoms with van der Waals surface area (Å²) in [5, 5.41) is 5.15. The van der Waals surface area contributed by atoms with Crippen molar-refractivity contribution in [2.24, 2.45) is 11.3 Å². The van der Waals surface area contributed by atoms with Gasteiger partial charge in [0.05, 0.1) is 0 Å². The fraction of sp³-hybridized carbons (Fsp3) is 0.389. The van der Waals surface area contributed by atoms with E-state index in [1.54, 1.807) is 27.4 Å². The van der Waals surface area contributed by atoms with Gasteiger partial charge >= 0.3 is 79.8 Å². The zero-order chi connectivity index (χ0) is 27.4. The van der Waals surface area contributed by atoms with Crippen LogP contribution in [0.2, 0.25) is 0 Å². The summed E-state index contributed by atoms with van der Waals surface area (Å²) in [6, 6.07) is 15.1. The number of benzene rings is 2. The molecule has 3 aromatic carbocycles. The zero-order valence-electron chi connectivity index (χ0n) is 24.8. The Labute approximate surface area is 266 Å². The first-order chi connectivity index (χ1) is 17.6. The van der Waals surface area contributed by atoms with Crippen LogP contribution in [0.1, 0.15) is 91.2 Å². The maximum absolute atomic E-state index is 3.82. The third-order valence-electron chi connectivity index (χ3n) is 6.69. The predicted octanol–water partition coefficient (Wildman–Crippen LogP) is 5.06. The minimum absolute atomic E-state index is 0. The Hall–Kier alpha value is -1.40. The van der Waals surface area contributed by atoms with Crippen molar-refractivity contribution < 1.29 is 49.0 Å². The van der Waals surface area contributed by atoms with E-state index in [-0.39, 0.29) is 24.8 Å². The third-order valence-corrected chi connectivity index (χ3v) is 7.92. The van der Waals surface area contributed by atoms with E-state index in [0.717, 1.165) is 11.1 Å².